The maximum absolute atomic E-state index is 12.0. The average Bonchev–Trinajstić information content (AvgIpc) is 3.07. The van der Waals surface area contributed by atoms with E-state index in [2.05, 4.69) is 22.6 Å². The second-order valence-corrected chi connectivity index (χ2v) is 8.02. The fraction of sp³-hybridized carbons (Fsp3) is 0.933. The van der Waals surface area contributed by atoms with Crippen molar-refractivity contribution in [3.05, 3.63) is 0 Å². The number of ether oxygens (including phenoxy) is 1. The van der Waals surface area contributed by atoms with Crippen LogP contribution in [-0.4, -0.2) is 34.1 Å². The fourth-order valence-electron chi connectivity index (χ4n) is 3.16. The van der Waals surface area contributed by atoms with Crippen LogP contribution in [0, 0.1) is 17.8 Å². The van der Waals surface area contributed by atoms with E-state index in [1.807, 2.05) is 25.7 Å². The molecule has 2 aliphatic rings. The molecule has 1 heterocycles. The minimum Gasteiger partial charge on any atom is -0.444 e. The number of carbonyl (C=O) groups is 1. The number of halogens is 1. The maximum Gasteiger partial charge on any atom is 0.410 e. The number of alkyl halides is 1. The first-order chi connectivity index (χ1) is 8.90. The van der Waals surface area contributed by atoms with Crippen molar-refractivity contribution in [2.75, 3.05) is 17.5 Å². The lowest BCUT2D eigenvalue weighted by Gasteiger charge is -2.33. The van der Waals surface area contributed by atoms with Gasteiger partial charge in [-0.25, -0.2) is 4.79 Å². The smallest absolute Gasteiger partial charge is 0.410 e. The van der Waals surface area contributed by atoms with Crippen molar-refractivity contribution < 1.29 is 9.53 Å². The third-order valence-electron chi connectivity index (χ3n) is 4.25. The number of nitrogens with zero attached hydrogens (tertiary/aromatic N) is 1. The number of carbonyl (C=O) groups excluding carboxylic acids is 1. The van der Waals surface area contributed by atoms with Gasteiger partial charge in [0.05, 0.1) is 0 Å². The van der Waals surface area contributed by atoms with Crippen molar-refractivity contribution in [2.45, 2.75) is 52.1 Å². The quantitative estimate of drug-likeness (QED) is 0.546. The molecule has 110 valence electrons. The van der Waals surface area contributed by atoms with Crippen molar-refractivity contribution in [1.29, 1.82) is 0 Å². The summed E-state index contributed by atoms with van der Waals surface area (Å²) < 4.78 is 6.72. The molecule has 0 bridgehead atoms. The lowest BCUT2D eigenvalue weighted by molar-refractivity contribution is 0.0174. The van der Waals surface area contributed by atoms with E-state index in [0.29, 0.717) is 0 Å². The highest BCUT2D eigenvalue weighted by molar-refractivity contribution is 14.1. The molecule has 0 spiro atoms. The van der Waals surface area contributed by atoms with Crippen LogP contribution in [0.25, 0.3) is 0 Å². The summed E-state index contributed by atoms with van der Waals surface area (Å²) in [6.45, 7) is 7.55. The molecule has 0 unspecified atom stereocenters. The number of hydrogen-bond acceptors (Lipinski definition) is 2. The molecule has 0 N–H and O–H groups in total. The van der Waals surface area contributed by atoms with Gasteiger partial charge in [0.25, 0.3) is 0 Å². The molecule has 1 saturated heterocycles. The Labute approximate surface area is 130 Å². The molecule has 1 amide bonds. The summed E-state index contributed by atoms with van der Waals surface area (Å²) in [5.41, 5.74) is -0.379. The number of likely N-dealkylation sites (tertiary alicyclic amines) is 1. The maximum atomic E-state index is 12.0. The van der Waals surface area contributed by atoms with Gasteiger partial charge in [-0.05, 0) is 68.6 Å². The number of rotatable bonds is 3. The lowest BCUT2D eigenvalue weighted by atomic mass is 9.91. The summed E-state index contributed by atoms with van der Waals surface area (Å²) in [6.07, 6.45) is 5.02. The minimum absolute atomic E-state index is 0.134. The number of amides is 1. The Balaban J connectivity index is 1.72. The van der Waals surface area contributed by atoms with Crippen molar-refractivity contribution >= 4 is 28.7 Å². The van der Waals surface area contributed by atoms with Crippen LogP contribution >= 0.6 is 22.6 Å². The largest absolute Gasteiger partial charge is 0.444 e. The van der Waals surface area contributed by atoms with Gasteiger partial charge >= 0.3 is 6.09 Å². The zero-order chi connectivity index (χ0) is 14.0. The lowest BCUT2D eigenvalue weighted by Crippen LogP contribution is -2.42. The van der Waals surface area contributed by atoms with Crippen molar-refractivity contribution in [3.8, 4) is 0 Å². The first-order valence-electron chi connectivity index (χ1n) is 7.44. The molecule has 2 rings (SSSR count). The summed E-state index contributed by atoms with van der Waals surface area (Å²) in [5, 5.41) is 0. The highest BCUT2D eigenvalue weighted by Gasteiger charge is 2.43. The summed E-state index contributed by atoms with van der Waals surface area (Å²) >= 11 is 2.48. The second kappa shape index (κ2) is 6.19. The summed E-state index contributed by atoms with van der Waals surface area (Å²) in [5.74, 6) is 2.79. The molecule has 0 aromatic rings. The third kappa shape index (κ3) is 4.50. The van der Waals surface area contributed by atoms with E-state index >= 15 is 0 Å². The van der Waals surface area contributed by atoms with Crippen LogP contribution in [0.15, 0.2) is 0 Å². The van der Waals surface area contributed by atoms with E-state index < -0.39 is 0 Å². The van der Waals surface area contributed by atoms with Crippen LogP contribution in [0.1, 0.15) is 46.5 Å². The molecule has 0 aromatic heterocycles. The van der Waals surface area contributed by atoms with Gasteiger partial charge in [0.15, 0.2) is 0 Å². The van der Waals surface area contributed by atoms with Gasteiger partial charge in [-0.1, -0.05) is 22.6 Å². The highest BCUT2D eigenvalue weighted by Crippen LogP contribution is 2.49. The van der Waals surface area contributed by atoms with Crippen LogP contribution in [0.2, 0.25) is 0 Å². The Bertz CT molecular complexity index is 319. The topological polar surface area (TPSA) is 29.5 Å². The fourth-order valence-corrected chi connectivity index (χ4v) is 3.96. The SMILES string of the molecule is CC(C)(C)OC(=O)N1CCC([C@@H]2C[C@@H]2CCI)CC1. The minimum atomic E-state index is -0.379. The van der Waals surface area contributed by atoms with E-state index in [4.69, 9.17) is 4.74 Å². The van der Waals surface area contributed by atoms with E-state index in [-0.39, 0.29) is 11.7 Å². The summed E-state index contributed by atoms with van der Waals surface area (Å²) in [4.78, 5) is 13.9. The standard InChI is InChI=1S/C15H26INO2/c1-15(2,3)19-14(18)17-8-5-11(6-9-17)13-10-12(13)4-7-16/h11-13H,4-10H2,1-3H3/t12-,13-/m0/s1. The molecule has 0 radical (unpaired) electrons. The van der Waals surface area contributed by atoms with Gasteiger partial charge in [-0.3, -0.25) is 0 Å². The Hall–Kier alpha value is 0. The average molecular weight is 379 g/mol. The van der Waals surface area contributed by atoms with Crippen molar-refractivity contribution in [1.82, 2.24) is 4.90 Å². The molecule has 2 fully saturated rings. The molecule has 19 heavy (non-hydrogen) atoms. The number of piperidine rings is 1. The van der Waals surface area contributed by atoms with E-state index in [9.17, 15) is 4.79 Å². The Morgan fingerprint density at radius 1 is 1.32 bits per heavy atom. The second-order valence-electron chi connectivity index (χ2n) is 6.94. The van der Waals surface area contributed by atoms with Gasteiger partial charge in [0.1, 0.15) is 5.60 Å². The van der Waals surface area contributed by atoms with Crippen molar-refractivity contribution in [2.24, 2.45) is 17.8 Å². The molecule has 2 atom stereocenters. The van der Waals surface area contributed by atoms with Gasteiger partial charge in [-0.15, -0.1) is 0 Å². The molecule has 1 aliphatic carbocycles. The molecular formula is C15H26INO2. The van der Waals surface area contributed by atoms with E-state index in [0.717, 1.165) is 30.8 Å². The van der Waals surface area contributed by atoms with Crippen LogP contribution in [0.4, 0.5) is 4.79 Å². The number of hydrogen-bond donors (Lipinski definition) is 0. The predicted molar refractivity (Wildman–Crippen MR) is 85.6 cm³/mol. The molecule has 1 aliphatic heterocycles. The van der Waals surface area contributed by atoms with Crippen LogP contribution < -0.4 is 0 Å². The van der Waals surface area contributed by atoms with Gasteiger partial charge < -0.3 is 9.64 Å². The van der Waals surface area contributed by atoms with E-state index in [1.165, 1.54) is 30.1 Å². The Morgan fingerprint density at radius 2 is 1.95 bits per heavy atom. The summed E-state index contributed by atoms with van der Waals surface area (Å²) in [7, 11) is 0. The molecule has 1 saturated carbocycles. The van der Waals surface area contributed by atoms with Crippen LogP contribution in [-0.2, 0) is 4.74 Å². The monoisotopic (exact) mass is 379 g/mol. The normalized spacial score (nSPS) is 28.3. The highest BCUT2D eigenvalue weighted by atomic mass is 127. The third-order valence-corrected chi connectivity index (χ3v) is 4.88. The Morgan fingerprint density at radius 3 is 2.47 bits per heavy atom. The zero-order valence-corrected chi connectivity index (χ0v) is 14.5. The van der Waals surface area contributed by atoms with Gasteiger partial charge in [-0.2, -0.15) is 0 Å². The summed E-state index contributed by atoms with van der Waals surface area (Å²) in [6, 6.07) is 0. The van der Waals surface area contributed by atoms with Crippen LogP contribution in [0.3, 0.4) is 0 Å². The van der Waals surface area contributed by atoms with Gasteiger partial charge in [0, 0.05) is 13.1 Å². The zero-order valence-electron chi connectivity index (χ0n) is 12.3. The van der Waals surface area contributed by atoms with Crippen LogP contribution in [0.5, 0.6) is 0 Å². The first kappa shape index (κ1) is 15.4. The molecular weight excluding hydrogens is 353 g/mol. The first-order valence-corrected chi connectivity index (χ1v) is 8.97. The molecule has 3 nitrogen and oxygen atoms in total. The van der Waals surface area contributed by atoms with Gasteiger partial charge in [0.2, 0.25) is 0 Å². The molecule has 0 aromatic carbocycles. The Kier molecular flexibility index (Phi) is 5.01. The predicted octanol–water partition coefficient (Wildman–Crippen LogP) is 4.09. The van der Waals surface area contributed by atoms with E-state index in [1.54, 1.807) is 0 Å². The molecule has 4 heteroatoms. The van der Waals surface area contributed by atoms with Crippen molar-refractivity contribution in [3.63, 3.8) is 0 Å².